The molecule has 5 nitrogen and oxygen atoms in total. The molecule has 1 heterocycles. The number of amides is 1. The van der Waals surface area contributed by atoms with Crippen molar-refractivity contribution in [2.45, 2.75) is 30.0 Å². The summed E-state index contributed by atoms with van der Waals surface area (Å²) in [5, 5.41) is 11.9. The monoisotopic (exact) mass is 419 g/mol. The number of anilines is 1. The molecule has 0 saturated heterocycles. The number of halogens is 1. The summed E-state index contributed by atoms with van der Waals surface area (Å²) in [5.41, 5.74) is 2.45. The van der Waals surface area contributed by atoms with Crippen LogP contribution in [-0.2, 0) is 10.5 Å². The number of carbonyl (C=O) groups is 1. The first-order chi connectivity index (χ1) is 13.0. The van der Waals surface area contributed by atoms with Crippen LogP contribution in [0.1, 0.15) is 18.1 Å². The van der Waals surface area contributed by atoms with E-state index < -0.39 is 6.10 Å². The van der Waals surface area contributed by atoms with Crippen LogP contribution in [0.2, 0.25) is 5.02 Å². The van der Waals surface area contributed by atoms with Gasteiger partial charge in [-0.25, -0.2) is 0 Å². The predicted octanol–water partition coefficient (Wildman–Crippen LogP) is 5.20. The molecule has 1 N–H and O–H groups in total. The molecule has 0 aliphatic carbocycles. The lowest BCUT2D eigenvalue weighted by molar-refractivity contribution is -0.122. The molecule has 1 amide bonds. The fraction of sp³-hybridized carbons (Fsp3) is 0.211. The van der Waals surface area contributed by atoms with Gasteiger partial charge in [-0.1, -0.05) is 70.6 Å². The first-order valence-corrected chi connectivity index (χ1v) is 10.4. The smallest absolute Gasteiger partial charge is 0.266 e. The molecule has 2 aromatic carbocycles. The third-order valence-electron chi connectivity index (χ3n) is 3.60. The lowest BCUT2D eigenvalue weighted by Crippen LogP contribution is -2.30. The van der Waals surface area contributed by atoms with Crippen LogP contribution in [0, 0.1) is 6.92 Å². The average molecular weight is 420 g/mol. The molecule has 8 heteroatoms. The Morgan fingerprint density at radius 2 is 2.04 bits per heavy atom. The maximum absolute atomic E-state index is 12.3. The van der Waals surface area contributed by atoms with Gasteiger partial charge in [-0.2, -0.15) is 0 Å². The molecule has 1 aromatic heterocycles. The summed E-state index contributed by atoms with van der Waals surface area (Å²) in [6, 6.07) is 15.3. The van der Waals surface area contributed by atoms with E-state index in [9.17, 15) is 4.79 Å². The van der Waals surface area contributed by atoms with Gasteiger partial charge in [-0.15, -0.1) is 10.2 Å². The van der Waals surface area contributed by atoms with Gasteiger partial charge < -0.3 is 4.74 Å². The number of hydrogen-bond acceptors (Lipinski definition) is 6. The number of nitrogens with one attached hydrogen (secondary N) is 1. The largest absolute Gasteiger partial charge is 0.481 e. The maximum Gasteiger partial charge on any atom is 0.266 e. The van der Waals surface area contributed by atoms with Gasteiger partial charge in [0.2, 0.25) is 5.13 Å². The van der Waals surface area contributed by atoms with Crippen LogP contribution < -0.4 is 10.1 Å². The van der Waals surface area contributed by atoms with E-state index >= 15 is 0 Å². The number of nitrogens with zero attached hydrogens (tertiary/aromatic N) is 2. The number of carbonyl (C=O) groups excluding carboxylic acids is 1. The van der Waals surface area contributed by atoms with Gasteiger partial charge in [0.25, 0.3) is 5.91 Å². The summed E-state index contributed by atoms with van der Waals surface area (Å²) in [7, 11) is 0. The molecule has 1 atom stereocenters. The second-order valence-corrected chi connectivity index (χ2v) is 8.49. The maximum atomic E-state index is 12.3. The minimum Gasteiger partial charge on any atom is -0.481 e. The molecule has 0 radical (unpaired) electrons. The summed E-state index contributed by atoms with van der Waals surface area (Å²) in [6.07, 6.45) is -0.684. The van der Waals surface area contributed by atoms with Crippen LogP contribution in [0.15, 0.2) is 52.9 Å². The standard InChI is InChI=1S/C19H18ClN3O2S2/c1-12-6-8-14(9-7-12)11-26-19-23-22-18(27-19)21-17(24)13(2)25-16-5-3-4-15(20)10-16/h3-10,13H,11H2,1-2H3,(H,21,22,24). The number of aromatic nitrogens is 2. The molecule has 140 valence electrons. The number of benzene rings is 2. The zero-order valence-corrected chi connectivity index (χ0v) is 17.2. The van der Waals surface area contributed by atoms with Crippen molar-refractivity contribution in [1.29, 1.82) is 0 Å². The predicted molar refractivity (Wildman–Crippen MR) is 111 cm³/mol. The van der Waals surface area contributed by atoms with Crippen LogP contribution in [-0.4, -0.2) is 22.2 Å². The van der Waals surface area contributed by atoms with Crippen LogP contribution >= 0.6 is 34.7 Å². The summed E-state index contributed by atoms with van der Waals surface area (Å²) >= 11 is 8.85. The van der Waals surface area contributed by atoms with E-state index in [2.05, 4.69) is 46.7 Å². The Morgan fingerprint density at radius 1 is 1.26 bits per heavy atom. The molecule has 0 saturated carbocycles. The van der Waals surface area contributed by atoms with E-state index in [1.54, 1.807) is 43.0 Å². The number of aryl methyl sites for hydroxylation is 1. The average Bonchev–Trinajstić information content (AvgIpc) is 3.08. The van der Waals surface area contributed by atoms with E-state index in [1.165, 1.54) is 22.5 Å². The zero-order chi connectivity index (χ0) is 19.2. The van der Waals surface area contributed by atoms with E-state index in [4.69, 9.17) is 16.3 Å². The van der Waals surface area contributed by atoms with Gasteiger partial charge >= 0.3 is 0 Å². The van der Waals surface area contributed by atoms with Crippen LogP contribution in [0.3, 0.4) is 0 Å². The zero-order valence-electron chi connectivity index (χ0n) is 14.8. The topological polar surface area (TPSA) is 64.1 Å². The van der Waals surface area contributed by atoms with Crippen molar-refractivity contribution in [1.82, 2.24) is 10.2 Å². The molecule has 0 fully saturated rings. The van der Waals surface area contributed by atoms with Crippen LogP contribution in [0.25, 0.3) is 0 Å². The fourth-order valence-electron chi connectivity index (χ4n) is 2.15. The highest BCUT2D eigenvalue weighted by Crippen LogP contribution is 2.28. The Bertz CT molecular complexity index is 915. The third kappa shape index (κ3) is 5.95. The molecule has 0 aliphatic rings. The Labute approximate surface area is 171 Å². The minimum atomic E-state index is -0.684. The number of rotatable bonds is 7. The highest BCUT2D eigenvalue weighted by Gasteiger charge is 2.17. The summed E-state index contributed by atoms with van der Waals surface area (Å²) in [6.45, 7) is 3.73. The number of hydrogen-bond donors (Lipinski definition) is 1. The molecule has 0 bridgehead atoms. The summed E-state index contributed by atoms with van der Waals surface area (Å²) in [4.78, 5) is 12.3. The number of thioether (sulfide) groups is 1. The van der Waals surface area contributed by atoms with Gasteiger partial charge in [0.15, 0.2) is 10.4 Å². The van der Waals surface area contributed by atoms with Crippen molar-refractivity contribution in [3.63, 3.8) is 0 Å². The van der Waals surface area contributed by atoms with Crippen molar-refractivity contribution in [2.24, 2.45) is 0 Å². The Kier molecular flexibility index (Phi) is 6.71. The lowest BCUT2D eigenvalue weighted by Gasteiger charge is -2.13. The van der Waals surface area contributed by atoms with Crippen LogP contribution in [0.5, 0.6) is 5.75 Å². The van der Waals surface area contributed by atoms with E-state index in [0.29, 0.717) is 15.9 Å². The molecule has 3 aromatic rings. The van der Waals surface area contributed by atoms with Gasteiger partial charge in [-0.05, 0) is 37.6 Å². The van der Waals surface area contributed by atoms with Gasteiger partial charge in [-0.3, -0.25) is 10.1 Å². The van der Waals surface area contributed by atoms with Crippen molar-refractivity contribution in [3.8, 4) is 5.75 Å². The first-order valence-electron chi connectivity index (χ1n) is 8.24. The van der Waals surface area contributed by atoms with Gasteiger partial charge in [0, 0.05) is 10.8 Å². The molecular formula is C19H18ClN3O2S2. The molecule has 0 spiro atoms. The Hall–Kier alpha value is -2.09. The molecule has 3 rings (SSSR count). The van der Waals surface area contributed by atoms with Crippen molar-refractivity contribution in [2.75, 3.05) is 5.32 Å². The highest BCUT2D eigenvalue weighted by molar-refractivity contribution is 8.00. The van der Waals surface area contributed by atoms with Crippen molar-refractivity contribution in [3.05, 3.63) is 64.7 Å². The second kappa shape index (κ2) is 9.21. The van der Waals surface area contributed by atoms with Crippen LogP contribution in [0.4, 0.5) is 5.13 Å². The lowest BCUT2D eigenvalue weighted by atomic mass is 10.2. The minimum absolute atomic E-state index is 0.291. The second-order valence-electron chi connectivity index (χ2n) is 5.85. The third-order valence-corrected chi connectivity index (χ3v) is 5.88. The quantitative estimate of drug-likeness (QED) is 0.421. The Balaban J connectivity index is 1.51. The molecule has 0 aliphatic heterocycles. The van der Waals surface area contributed by atoms with Crippen molar-refractivity contribution < 1.29 is 9.53 Å². The van der Waals surface area contributed by atoms with Gasteiger partial charge in [0.05, 0.1) is 0 Å². The van der Waals surface area contributed by atoms with E-state index in [0.717, 1.165) is 10.1 Å². The highest BCUT2D eigenvalue weighted by atomic mass is 35.5. The summed E-state index contributed by atoms with van der Waals surface area (Å²) < 4.78 is 6.41. The summed E-state index contributed by atoms with van der Waals surface area (Å²) in [5.74, 6) is 1.05. The Morgan fingerprint density at radius 3 is 2.78 bits per heavy atom. The first kappa shape index (κ1) is 19.7. The fourth-order valence-corrected chi connectivity index (χ4v) is 4.04. The molecular weight excluding hydrogens is 402 g/mol. The number of ether oxygens (including phenoxy) is 1. The molecule has 1 unspecified atom stereocenters. The van der Waals surface area contributed by atoms with E-state index in [-0.39, 0.29) is 5.91 Å². The van der Waals surface area contributed by atoms with Gasteiger partial charge in [0.1, 0.15) is 5.75 Å². The molecule has 27 heavy (non-hydrogen) atoms. The normalized spacial score (nSPS) is 11.8. The SMILES string of the molecule is Cc1ccc(CSc2nnc(NC(=O)C(C)Oc3cccc(Cl)c3)s2)cc1. The van der Waals surface area contributed by atoms with Crippen molar-refractivity contribution >= 4 is 45.7 Å². The van der Waals surface area contributed by atoms with E-state index in [1.807, 2.05) is 0 Å².